The van der Waals surface area contributed by atoms with Gasteiger partial charge in [0.1, 0.15) is 11.5 Å². The molecule has 2 aromatic carbocycles. The van der Waals surface area contributed by atoms with E-state index >= 15 is 0 Å². The number of phenolic OH excluding ortho intramolecular Hbond substituents is 2. The Morgan fingerprint density at radius 3 is 1.32 bits per heavy atom. The van der Waals surface area contributed by atoms with Crippen molar-refractivity contribution < 1.29 is 29.4 Å². The van der Waals surface area contributed by atoms with Gasteiger partial charge in [-0.25, -0.2) is 0 Å². The van der Waals surface area contributed by atoms with Gasteiger partial charge in [0, 0.05) is 0 Å². The summed E-state index contributed by atoms with van der Waals surface area (Å²) in [6, 6.07) is 9.87. The maximum absolute atomic E-state index is 13.5. The average molecular weight is 695 g/mol. The van der Waals surface area contributed by atoms with Crippen LogP contribution in [0.5, 0.6) is 11.5 Å². The van der Waals surface area contributed by atoms with Crippen molar-refractivity contribution in [2.45, 2.75) is 143 Å². The van der Waals surface area contributed by atoms with E-state index in [-0.39, 0.29) is 22.6 Å². The van der Waals surface area contributed by atoms with E-state index in [0.717, 1.165) is 68.9 Å². The van der Waals surface area contributed by atoms with Crippen LogP contribution in [0.3, 0.4) is 0 Å². The topological polar surface area (TPSA) is 157 Å². The van der Waals surface area contributed by atoms with Crippen molar-refractivity contribution >= 4 is 23.6 Å². The lowest BCUT2D eigenvalue weighted by Gasteiger charge is -2.25. The molecule has 0 heterocycles. The molecule has 0 aromatic heterocycles. The van der Waals surface area contributed by atoms with Crippen molar-refractivity contribution in [3.8, 4) is 11.5 Å². The number of benzene rings is 2. The quantitative estimate of drug-likeness (QED) is 0.0512. The molecule has 2 rings (SSSR count). The molecular formula is C40H62N4O6. The summed E-state index contributed by atoms with van der Waals surface area (Å²) in [5.41, 5.74) is 11.6. The molecule has 10 heteroatoms. The number of aryl methyl sites for hydroxylation is 2. The summed E-state index contributed by atoms with van der Waals surface area (Å²) < 4.78 is 0. The van der Waals surface area contributed by atoms with Crippen LogP contribution in [-0.2, 0) is 22.4 Å². The number of unbranched alkanes of at least 4 members (excludes halogenated alkanes) is 11. The summed E-state index contributed by atoms with van der Waals surface area (Å²) in [5, 5.41) is 21.1. The highest BCUT2D eigenvalue weighted by Crippen LogP contribution is 2.25. The molecule has 0 aliphatic carbocycles. The van der Waals surface area contributed by atoms with E-state index in [2.05, 4.69) is 42.5 Å². The second kappa shape index (κ2) is 24.1. The molecule has 2 unspecified atom stereocenters. The van der Waals surface area contributed by atoms with Crippen molar-refractivity contribution in [2.24, 2.45) is 11.8 Å². The lowest BCUT2D eigenvalue weighted by molar-refractivity contribution is -0.136. The lowest BCUT2D eigenvalue weighted by atomic mass is 9.84. The molecule has 0 spiro atoms. The van der Waals surface area contributed by atoms with Gasteiger partial charge in [-0.1, -0.05) is 117 Å². The molecule has 0 aliphatic rings. The van der Waals surface area contributed by atoms with Gasteiger partial charge in [0.15, 0.2) is 0 Å². The van der Waals surface area contributed by atoms with E-state index in [9.17, 15) is 29.4 Å². The number of hydrogen-bond acceptors (Lipinski definition) is 6. The Labute approximate surface area is 299 Å². The van der Waals surface area contributed by atoms with E-state index in [1.165, 1.54) is 38.5 Å². The predicted molar refractivity (Wildman–Crippen MR) is 198 cm³/mol. The second-order valence-corrected chi connectivity index (χ2v) is 13.4. The smallest absolute Gasteiger partial charge is 0.273 e. The van der Waals surface area contributed by atoms with Crippen LogP contribution < -0.4 is 21.7 Å². The van der Waals surface area contributed by atoms with E-state index in [4.69, 9.17) is 0 Å². The Morgan fingerprint density at radius 1 is 0.520 bits per heavy atom. The van der Waals surface area contributed by atoms with E-state index in [1.807, 2.05) is 6.07 Å². The third kappa shape index (κ3) is 14.8. The number of aromatic hydroxyl groups is 2. The van der Waals surface area contributed by atoms with Crippen molar-refractivity contribution in [1.82, 2.24) is 21.7 Å². The summed E-state index contributed by atoms with van der Waals surface area (Å²) in [6.45, 7) is 8.21. The first kappa shape index (κ1) is 42.1. The van der Waals surface area contributed by atoms with Gasteiger partial charge < -0.3 is 10.2 Å². The summed E-state index contributed by atoms with van der Waals surface area (Å²) in [4.78, 5) is 52.6. The summed E-state index contributed by atoms with van der Waals surface area (Å²) >= 11 is 0. The Morgan fingerprint density at radius 2 is 0.920 bits per heavy atom. The largest absolute Gasteiger partial charge is 0.507 e. The number of phenols is 2. The second-order valence-electron chi connectivity index (χ2n) is 13.4. The standard InChI is InChI=1S/C40H62N4O6/c1-5-9-12-15-17-20-29-23-25-33(35(45)27-29)39(49)43-41-37(47)31(8-4)32(22-19-14-11-7-3)38(48)42-44-40(50)34-26-24-30(28-36(34)46)21-18-16-13-10-6-2/h23-28,31-32,45-46H,5-22H2,1-4H3,(H,41,47)(H,42,48)(H,43,49)(H,44,50). The van der Waals surface area contributed by atoms with Crippen LogP contribution in [-0.4, -0.2) is 33.8 Å². The SMILES string of the molecule is CCCCCCCc1ccc(C(=O)NNC(=O)C(CC)C(CCCCCC)C(=O)NNC(=O)c2ccc(CCCCCCC)cc2O)c(O)c1. The number of rotatable bonds is 23. The third-order valence-corrected chi connectivity index (χ3v) is 9.32. The molecular weight excluding hydrogens is 632 g/mol. The van der Waals surface area contributed by atoms with Crippen molar-refractivity contribution in [3.05, 3.63) is 58.7 Å². The van der Waals surface area contributed by atoms with Crippen LogP contribution in [0.1, 0.15) is 162 Å². The number of hydrogen-bond donors (Lipinski definition) is 6. The Bertz CT molecular complexity index is 1350. The van der Waals surface area contributed by atoms with Gasteiger partial charge in [-0.15, -0.1) is 0 Å². The van der Waals surface area contributed by atoms with E-state index < -0.39 is 35.5 Å². The van der Waals surface area contributed by atoms with Gasteiger partial charge >= 0.3 is 0 Å². The zero-order valence-electron chi connectivity index (χ0n) is 30.9. The predicted octanol–water partition coefficient (Wildman–Crippen LogP) is 7.96. The fourth-order valence-corrected chi connectivity index (χ4v) is 6.23. The van der Waals surface area contributed by atoms with Crippen LogP contribution in [0.15, 0.2) is 36.4 Å². The van der Waals surface area contributed by atoms with Crippen molar-refractivity contribution in [3.63, 3.8) is 0 Å². The lowest BCUT2D eigenvalue weighted by Crippen LogP contribution is -2.51. The molecule has 0 aliphatic heterocycles. The normalized spacial score (nSPS) is 12.2. The molecule has 0 saturated carbocycles. The maximum Gasteiger partial charge on any atom is 0.273 e. The van der Waals surface area contributed by atoms with Gasteiger partial charge in [0.25, 0.3) is 11.8 Å². The molecule has 0 saturated heterocycles. The molecule has 10 nitrogen and oxygen atoms in total. The highest BCUT2D eigenvalue weighted by Gasteiger charge is 2.33. The molecule has 50 heavy (non-hydrogen) atoms. The zero-order chi connectivity index (χ0) is 36.7. The number of carbonyl (C=O) groups excluding carboxylic acids is 4. The average Bonchev–Trinajstić information content (AvgIpc) is 3.10. The Balaban J connectivity index is 2.01. The summed E-state index contributed by atoms with van der Waals surface area (Å²) in [5.74, 6) is -4.33. The maximum atomic E-state index is 13.5. The molecule has 2 aromatic rings. The van der Waals surface area contributed by atoms with Crippen molar-refractivity contribution in [2.75, 3.05) is 0 Å². The third-order valence-electron chi connectivity index (χ3n) is 9.32. The molecule has 0 bridgehead atoms. The summed E-state index contributed by atoms with van der Waals surface area (Å²) in [7, 11) is 0. The first-order chi connectivity index (χ1) is 24.2. The Hall–Kier alpha value is -4.08. The molecule has 6 N–H and O–H groups in total. The first-order valence-electron chi connectivity index (χ1n) is 19.0. The molecule has 278 valence electrons. The molecule has 4 amide bonds. The number of amides is 4. The Kier molecular flexibility index (Phi) is 20.3. The van der Waals surface area contributed by atoms with Gasteiger partial charge in [0.05, 0.1) is 23.0 Å². The van der Waals surface area contributed by atoms with Gasteiger partial charge in [-0.3, -0.25) is 40.9 Å². The minimum absolute atomic E-state index is 0.0351. The van der Waals surface area contributed by atoms with Crippen molar-refractivity contribution in [1.29, 1.82) is 0 Å². The number of nitrogens with one attached hydrogen (secondary N) is 4. The number of hydrazine groups is 2. The molecule has 0 radical (unpaired) electrons. The van der Waals surface area contributed by atoms with Gasteiger partial charge in [0.2, 0.25) is 11.8 Å². The number of carbonyl (C=O) groups is 4. The van der Waals surface area contributed by atoms with Crippen LogP contribution in [0.2, 0.25) is 0 Å². The van der Waals surface area contributed by atoms with Gasteiger partial charge in [-0.2, -0.15) is 0 Å². The van der Waals surface area contributed by atoms with Gasteiger partial charge in [-0.05, 0) is 73.9 Å². The zero-order valence-corrected chi connectivity index (χ0v) is 30.9. The van der Waals surface area contributed by atoms with Crippen LogP contribution in [0, 0.1) is 11.8 Å². The summed E-state index contributed by atoms with van der Waals surface area (Å²) in [6.07, 6.45) is 17.2. The van der Waals surface area contributed by atoms with Crippen LogP contribution >= 0.6 is 0 Å². The fraction of sp³-hybridized carbons (Fsp3) is 0.600. The first-order valence-corrected chi connectivity index (χ1v) is 19.0. The monoisotopic (exact) mass is 694 g/mol. The highest BCUT2D eigenvalue weighted by atomic mass is 16.3. The fourth-order valence-electron chi connectivity index (χ4n) is 6.23. The molecule has 2 atom stereocenters. The van der Waals surface area contributed by atoms with E-state index in [0.29, 0.717) is 19.3 Å². The highest BCUT2D eigenvalue weighted by molar-refractivity contribution is 5.99. The minimum Gasteiger partial charge on any atom is -0.507 e. The van der Waals surface area contributed by atoms with E-state index in [1.54, 1.807) is 37.3 Å². The van der Waals surface area contributed by atoms with Crippen LogP contribution in [0.25, 0.3) is 0 Å². The van der Waals surface area contributed by atoms with Crippen LogP contribution in [0.4, 0.5) is 0 Å². The molecule has 0 fully saturated rings. The minimum atomic E-state index is -0.803.